The third kappa shape index (κ3) is 5.96. The number of aromatic hydroxyl groups is 1. The Morgan fingerprint density at radius 2 is 2.04 bits per heavy atom. The van der Waals surface area contributed by atoms with E-state index in [1.165, 1.54) is 36.6 Å². The number of hydrogen-bond donors (Lipinski definition) is 5. The van der Waals surface area contributed by atoms with Gasteiger partial charge in [-0.3, -0.25) is 9.59 Å². The van der Waals surface area contributed by atoms with Gasteiger partial charge in [0.15, 0.2) is 0 Å². The summed E-state index contributed by atoms with van der Waals surface area (Å²) in [4.78, 5) is 23.5. The molecule has 0 bridgehead atoms. The van der Waals surface area contributed by atoms with E-state index in [9.17, 15) is 14.7 Å². The molecule has 2 rings (SSSR count). The van der Waals surface area contributed by atoms with E-state index in [2.05, 4.69) is 10.6 Å². The van der Waals surface area contributed by atoms with E-state index >= 15 is 0 Å². The predicted molar refractivity (Wildman–Crippen MR) is 95.4 cm³/mol. The summed E-state index contributed by atoms with van der Waals surface area (Å²) >= 11 is 0. The van der Waals surface area contributed by atoms with Crippen LogP contribution in [0.3, 0.4) is 0 Å². The Kier molecular flexibility index (Phi) is 7.67. The molecule has 25 heavy (non-hydrogen) atoms. The highest BCUT2D eigenvalue weighted by Crippen LogP contribution is 2.26. The summed E-state index contributed by atoms with van der Waals surface area (Å²) in [5.41, 5.74) is 5.81. The fourth-order valence-electron chi connectivity index (χ4n) is 1.75. The molecule has 0 aliphatic heterocycles. The molecule has 0 unspecified atom stereocenters. The number of hydrogen-bond acceptors (Lipinski definition) is 6. The fourth-order valence-corrected chi connectivity index (χ4v) is 1.75. The number of aliphatic hydroxyl groups excluding tert-OH is 1. The Morgan fingerprint density at radius 3 is 2.68 bits per heavy atom. The zero-order chi connectivity index (χ0) is 17.5. The first kappa shape index (κ1) is 20.2. The number of amides is 2. The predicted octanol–water partition coefficient (Wildman–Crippen LogP) is 1.32. The second-order valence-corrected chi connectivity index (χ2v) is 4.85. The average Bonchev–Trinajstić information content (AvgIpc) is 3.08. The molecule has 6 N–H and O–H groups in total. The summed E-state index contributed by atoms with van der Waals surface area (Å²) < 4.78 is 5.07. The van der Waals surface area contributed by atoms with E-state index in [0.717, 1.165) is 0 Å². The van der Waals surface area contributed by atoms with E-state index in [0.29, 0.717) is 11.4 Å². The summed E-state index contributed by atoms with van der Waals surface area (Å²) in [6, 6.07) is 6.43. The highest BCUT2D eigenvalue weighted by atomic mass is 35.5. The van der Waals surface area contributed by atoms with Crippen molar-refractivity contribution in [1.82, 2.24) is 0 Å². The SMILES string of the molecule is Cl.N[C@@H](CO)C(=O)Nc1cc(NC(=O)/C=C/c2ccco2)ccc1O. The van der Waals surface area contributed by atoms with Crippen LogP contribution in [0.4, 0.5) is 11.4 Å². The minimum absolute atomic E-state index is 0. The van der Waals surface area contributed by atoms with Crippen molar-refractivity contribution in [2.75, 3.05) is 17.2 Å². The van der Waals surface area contributed by atoms with Crippen LogP contribution in [-0.4, -0.2) is 34.7 Å². The number of benzene rings is 1. The van der Waals surface area contributed by atoms with E-state index in [4.69, 9.17) is 15.3 Å². The van der Waals surface area contributed by atoms with Gasteiger partial charge in [-0.2, -0.15) is 0 Å². The smallest absolute Gasteiger partial charge is 0.248 e. The molecule has 1 heterocycles. The summed E-state index contributed by atoms with van der Waals surface area (Å²) in [5, 5.41) is 23.5. The first-order valence-electron chi connectivity index (χ1n) is 7.02. The molecule has 1 atom stereocenters. The normalized spacial score (nSPS) is 11.6. The van der Waals surface area contributed by atoms with E-state index in [-0.39, 0.29) is 23.8 Å². The number of carbonyl (C=O) groups is 2. The molecule has 0 fully saturated rings. The van der Waals surface area contributed by atoms with Gasteiger partial charge in [-0.25, -0.2) is 0 Å². The third-order valence-electron chi connectivity index (χ3n) is 3.00. The van der Waals surface area contributed by atoms with Crippen molar-refractivity contribution in [3.05, 3.63) is 48.4 Å². The van der Waals surface area contributed by atoms with Crippen molar-refractivity contribution in [3.63, 3.8) is 0 Å². The number of aliphatic hydroxyl groups is 1. The van der Waals surface area contributed by atoms with Gasteiger partial charge in [-0.1, -0.05) is 0 Å². The summed E-state index contributed by atoms with van der Waals surface area (Å²) in [7, 11) is 0. The van der Waals surface area contributed by atoms with Gasteiger partial charge in [-0.05, 0) is 36.4 Å². The highest BCUT2D eigenvalue weighted by Gasteiger charge is 2.14. The standard InChI is InChI=1S/C16H17N3O5.ClH/c17-12(9-20)16(23)19-13-8-10(3-5-14(13)21)18-15(22)6-4-11-2-1-7-24-11;/h1-8,12,20-21H,9,17H2,(H,18,22)(H,19,23);1H/b6-4+;/t12-;/m0./s1. The first-order chi connectivity index (χ1) is 11.5. The number of phenols is 1. The lowest BCUT2D eigenvalue weighted by Gasteiger charge is -2.12. The van der Waals surface area contributed by atoms with Crippen LogP contribution in [0.1, 0.15) is 5.76 Å². The maximum absolute atomic E-state index is 11.8. The molecule has 9 heteroatoms. The molecule has 2 amide bonds. The summed E-state index contributed by atoms with van der Waals surface area (Å²) in [6.07, 6.45) is 4.27. The highest BCUT2D eigenvalue weighted by molar-refractivity contribution is 6.03. The average molecular weight is 368 g/mol. The first-order valence-corrected chi connectivity index (χ1v) is 7.02. The van der Waals surface area contributed by atoms with Crippen molar-refractivity contribution >= 4 is 41.7 Å². The summed E-state index contributed by atoms with van der Waals surface area (Å²) in [6.45, 7) is -0.527. The van der Waals surface area contributed by atoms with Crippen LogP contribution < -0.4 is 16.4 Å². The van der Waals surface area contributed by atoms with Crippen molar-refractivity contribution in [3.8, 4) is 5.75 Å². The largest absolute Gasteiger partial charge is 0.506 e. The zero-order valence-corrected chi connectivity index (χ0v) is 13.8. The third-order valence-corrected chi connectivity index (χ3v) is 3.00. The molecule has 1 aromatic carbocycles. The van der Waals surface area contributed by atoms with Crippen molar-refractivity contribution in [2.45, 2.75) is 6.04 Å². The fraction of sp³-hybridized carbons (Fsp3) is 0.125. The Hall–Kier alpha value is -2.81. The number of carbonyl (C=O) groups excluding carboxylic acids is 2. The number of nitrogens with two attached hydrogens (primary N) is 1. The topological polar surface area (TPSA) is 138 Å². The van der Waals surface area contributed by atoms with Gasteiger partial charge in [0.25, 0.3) is 0 Å². The maximum Gasteiger partial charge on any atom is 0.248 e. The van der Waals surface area contributed by atoms with Crippen molar-refractivity contribution in [1.29, 1.82) is 0 Å². The van der Waals surface area contributed by atoms with Crippen LogP contribution in [-0.2, 0) is 9.59 Å². The monoisotopic (exact) mass is 367 g/mol. The Labute approximate surface area is 149 Å². The van der Waals surface area contributed by atoms with Gasteiger partial charge in [0, 0.05) is 11.8 Å². The quantitative estimate of drug-likeness (QED) is 0.296. The number of nitrogens with one attached hydrogen (secondary N) is 2. The number of halogens is 1. The Bertz CT molecular complexity index is 746. The molecule has 1 aromatic heterocycles. The Balaban J connectivity index is 0.00000312. The maximum atomic E-state index is 11.8. The molecular weight excluding hydrogens is 350 g/mol. The molecule has 0 saturated heterocycles. The molecule has 134 valence electrons. The lowest BCUT2D eigenvalue weighted by molar-refractivity contribution is -0.118. The molecule has 8 nitrogen and oxygen atoms in total. The van der Waals surface area contributed by atoms with Crippen molar-refractivity contribution < 1.29 is 24.2 Å². The van der Waals surface area contributed by atoms with Crippen molar-refractivity contribution in [2.24, 2.45) is 5.73 Å². The van der Waals surface area contributed by atoms with Gasteiger partial charge in [0.05, 0.1) is 18.6 Å². The molecule has 0 spiro atoms. The molecule has 0 saturated carbocycles. The molecule has 0 aliphatic rings. The van der Waals surface area contributed by atoms with Gasteiger partial charge in [0.1, 0.15) is 17.6 Å². The van der Waals surface area contributed by atoms with E-state index in [1.54, 1.807) is 12.1 Å². The molecule has 0 radical (unpaired) electrons. The second-order valence-electron chi connectivity index (χ2n) is 4.85. The molecular formula is C16H18ClN3O5. The number of anilines is 2. The summed E-state index contributed by atoms with van der Waals surface area (Å²) in [5.74, 6) is -0.741. The van der Waals surface area contributed by atoms with Gasteiger partial charge >= 0.3 is 0 Å². The second kappa shape index (κ2) is 9.48. The molecule has 2 aromatic rings. The van der Waals surface area contributed by atoms with Crippen LogP contribution in [0.25, 0.3) is 6.08 Å². The van der Waals surface area contributed by atoms with E-state index < -0.39 is 24.5 Å². The van der Waals surface area contributed by atoms with Gasteiger partial charge in [0.2, 0.25) is 11.8 Å². The van der Waals surface area contributed by atoms with Gasteiger partial charge in [-0.15, -0.1) is 12.4 Å². The van der Waals surface area contributed by atoms with Gasteiger partial charge < -0.3 is 31.0 Å². The lowest BCUT2D eigenvalue weighted by Crippen LogP contribution is -2.38. The van der Waals surface area contributed by atoms with Crippen LogP contribution in [0, 0.1) is 0 Å². The number of rotatable bonds is 6. The number of phenolic OH excluding ortho intramolecular Hbond substituents is 1. The van der Waals surface area contributed by atoms with Crippen LogP contribution >= 0.6 is 12.4 Å². The lowest BCUT2D eigenvalue weighted by atomic mass is 10.2. The zero-order valence-electron chi connectivity index (χ0n) is 13.0. The molecule has 0 aliphatic carbocycles. The van der Waals surface area contributed by atoms with E-state index in [1.807, 2.05) is 0 Å². The minimum atomic E-state index is -1.11. The van der Waals surface area contributed by atoms with Crippen LogP contribution in [0.2, 0.25) is 0 Å². The van der Waals surface area contributed by atoms with Crippen LogP contribution in [0.5, 0.6) is 5.75 Å². The van der Waals surface area contributed by atoms with Crippen LogP contribution in [0.15, 0.2) is 47.1 Å². The Morgan fingerprint density at radius 1 is 1.28 bits per heavy atom. The minimum Gasteiger partial charge on any atom is -0.506 e. The number of furan rings is 1.